The predicted octanol–water partition coefficient (Wildman–Crippen LogP) is 1.73. The molecule has 1 aromatic heterocycles. The van der Waals surface area contributed by atoms with Gasteiger partial charge in [-0.2, -0.15) is 0 Å². The summed E-state index contributed by atoms with van der Waals surface area (Å²) in [6.07, 6.45) is 1.72. The molecule has 1 atom stereocenters. The van der Waals surface area contributed by atoms with Gasteiger partial charge in [-0.25, -0.2) is 17.5 Å². The lowest BCUT2D eigenvalue weighted by Gasteiger charge is -2.07. The Morgan fingerprint density at radius 2 is 2.13 bits per heavy atom. The molecule has 1 aliphatic heterocycles. The van der Waals surface area contributed by atoms with Gasteiger partial charge in [0.25, 0.3) is 5.56 Å². The first kappa shape index (κ1) is 15.7. The van der Waals surface area contributed by atoms with Crippen LogP contribution in [0.25, 0.3) is 0 Å². The summed E-state index contributed by atoms with van der Waals surface area (Å²) in [6, 6.07) is 5.63. The molecular weight excluding hydrogens is 321 g/mol. The maximum absolute atomic E-state index is 13.6. The number of hydrogen-bond acceptors (Lipinski definition) is 4. The molecule has 0 spiro atoms. The zero-order chi connectivity index (χ0) is 16.6. The summed E-state index contributed by atoms with van der Waals surface area (Å²) in [6.45, 7) is 1.70. The van der Waals surface area contributed by atoms with Crippen LogP contribution in [-0.4, -0.2) is 35.9 Å². The van der Waals surface area contributed by atoms with Crippen LogP contribution in [0.1, 0.15) is 23.7 Å². The van der Waals surface area contributed by atoms with Gasteiger partial charge >= 0.3 is 0 Å². The Morgan fingerprint density at radius 1 is 1.39 bits per heavy atom. The molecule has 8 heteroatoms. The largest absolute Gasteiger partial charge is 0.299 e. The van der Waals surface area contributed by atoms with Crippen LogP contribution in [0.15, 0.2) is 34.1 Å². The molecule has 2 aromatic rings. The van der Waals surface area contributed by atoms with Gasteiger partial charge in [0.1, 0.15) is 5.82 Å². The lowest BCUT2D eigenvalue weighted by molar-refractivity contribution is 0.483. The Morgan fingerprint density at radius 3 is 2.78 bits per heavy atom. The van der Waals surface area contributed by atoms with Gasteiger partial charge in [0.15, 0.2) is 9.84 Å². The van der Waals surface area contributed by atoms with Crippen LogP contribution in [-0.2, 0) is 9.84 Å². The maximum Gasteiger partial charge on any atom is 0.275 e. The van der Waals surface area contributed by atoms with E-state index >= 15 is 0 Å². The highest BCUT2D eigenvalue weighted by Gasteiger charge is 2.31. The summed E-state index contributed by atoms with van der Waals surface area (Å²) in [5.74, 6) is -0.434. The molecular formula is C15H16FN3O3S. The first-order valence-corrected chi connectivity index (χ1v) is 8.99. The molecule has 0 bridgehead atoms. The highest BCUT2D eigenvalue weighted by molar-refractivity contribution is 7.91. The normalized spacial score (nSPS) is 20.3. The number of nitrogens with zero attached hydrogens (tertiary/aromatic N) is 2. The van der Waals surface area contributed by atoms with Gasteiger partial charge in [0, 0.05) is 11.9 Å². The molecule has 3 rings (SSSR count). The molecule has 23 heavy (non-hydrogen) atoms. The molecule has 0 radical (unpaired) electrons. The molecule has 0 unspecified atom stereocenters. The minimum atomic E-state index is -3.09. The predicted molar refractivity (Wildman–Crippen MR) is 85.8 cm³/mol. The van der Waals surface area contributed by atoms with Crippen LogP contribution in [0.5, 0.6) is 0 Å². The summed E-state index contributed by atoms with van der Waals surface area (Å²) in [7, 11) is -3.09. The summed E-state index contributed by atoms with van der Waals surface area (Å²) >= 11 is 0. The third kappa shape index (κ3) is 3.12. The van der Waals surface area contributed by atoms with Crippen LogP contribution >= 0.6 is 0 Å². The van der Waals surface area contributed by atoms with E-state index in [2.05, 4.69) is 10.1 Å². The number of benzene rings is 1. The van der Waals surface area contributed by atoms with E-state index in [9.17, 15) is 17.6 Å². The minimum Gasteiger partial charge on any atom is -0.299 e. The summed E-state index contributed by atoms with van der Waals surface area (Å²) < 4.78 is 38.0. The number of hydrogen-bond donors (Lipinski definition) is 1. The molecule has 1 aliphatic rings. The van der Waals surface area contributed by atoms with Crippen molar-refractivity contribution in [1.29, 1.82) is 0 Å². The summed E-state index contributed by atoms with van der Waals surface area (Å²) in [5, 5.41) is 2.90. The van der Waals surface area contributed by atoms with E-state index in [0.29, 0.717) is 17.7 Å². The molecule has 0 saturated carbocycles. The molecule has 1 aromatic carbocycles. The van der Waals surface area contributed by atoms with E-state index in [0.717, 1.165) is 0 Å². The number of aromatic amines is 1. The third-order valence-electron chi connectivity index (χ3n) is 3.90. The van der Waals surface area contributed by atoms with Crippen molar-refractivity contribution in [3.63, 3.8) is 0 Å². The molecule has 1 fully saturated rings. The van der Waals surface area contributed by atoms with Gasteiger partial charge in [-0.05, 0) is 25.5 Å². The number of nitrogens with one attached hydrogen (secondary N) is 1. The number of H-pyrrole nitrogens is 1. The smallest absolute Gasteiger partial charge is 0.275 e. The molecule has 6 nitrogen and oxygen atoms in total. The Kier molecular flexibility index (Phi) is 3.93. The van der Waals surface area contributed by atoms with Gasteiger partial charge in [0.2, 0.25) is 0 Å². The number of aryl methyl sites for hydroxylation is 1. The average Bonchev–Trinajstić information content (AvgIpc) is 2.99. The first-order chi connectivity index (χ1) is 10.9. The van der Waals surface area contributed by atoms with Crippen molar-refractivity contribution in [1.82, 2.24) is 9.78 Å². The fourth-order valence-corrected chi connectivity index (χ4v) is 4.36. The van der Waals surface area contributed by atoms with Crippen LogP contribution in [0.4, 0.5) is 10.1 Å². The Balaban J connectivity index is 1.93. The summed E-state index contributed by atoms with van der Waals surface area (Å²) in [4.78, 5) is 16.5. The van der Waals surface area contributed by atoms with E-state index in [-0.39, 0.29) is 28.8 Å². The lowest BCUT2D eigenvalue weighted by Crippen LogP contribution is -2.25. The molecule has 1 N–H and O–H groups in total. The minimum absolute atomic E-state index is 0.0449. The van der Waals surface area contributed by atoms with Crippen molar-refractivity contribution >= 4 is 21.7 Å². The zero-order valence-electron chi connectivity index (χ0n) is 12.5. The fourth-order valence-electron chi connectivity index (χ4n) is 2.66. The molecule has 2 heterocycles. The quantitative estimate of drug-likeness (QED) is 0.866. The highest BCUT2D eigenvalue weighted by Crippen LogP contribution is 2.22. The van der Waals surface area contributed by atoms with Crippen molar-refractivity contribution in [2.24, 2.45) is 4.99 Å². The first-order valence-electron chi connectivity index (χ1n) is 7.17. The maximum atomic E-state index is 13.6. The number of sulfone groups is 1. The fraction of sp³-hybridized carbons (Fsp3) is 0.333. The lowest BCUT2D eigenvalue weighted by atomic mass is 10.2. The SMILES string of the molecule is Cc1[nH]n([C@H]2CCS(=O)(=O)C2)c(=O)c1C=Nc1ccccc1F. The van der Waals surface area contributed by atoms with Gasteiger partial charge in [-0.1, -0.05) is 12.1 Å². The third-order valence-corrected chi connectivity index (χ3v) is 5.65. The monoisotopic (exact) mass is 337 g/mol. The summed E-state index contributed by atoms with van der Waals surface area (Å²) in [5.41, 5.74) is 0.670. The molecule has 1 saturated heterocycles. The zero-order valence-corrected chi connectivity index (χ0v) is 13.3. The molecule has 0 aliphatic carbocycles. The van der Waals surface area contributed by atoms with Gasteiger partial charge < -0.3 is 0 Å². The van der Waals surface area contributed by atoms with Gasteiger partial charge in [-0.3, -0.25) is 14.9 Å². The Bertz CT molecular complexity index is 928. The Labute approximate surface area is 132 Å². The molecule has 122 valence electrons. The standard InChI is InChI=1S/C15H16FN3O3S/c1-10-12(8-17-14-5-3-2-4-13(14)16)15(20)19(18-10)11-6-7-23(21,22)9-11/h2-5,8,11,18H,6-7,9H2,1H3/t11-/m0/s1. The van der Waals surface area contributed by atoms with Gasteiger partial charge in [0.05, 0.1) is 28.8 Å². The van der Waals surface area contributed by atoms with Crippen molar-refractivity contribution < 1.29 is 12.8 Å². The van der Waals surface area contributed by atoms with E-state index in [1.807, 2.05) is 0 Å². The van der Waals surface area contributed by atoms with E-state index < -0.39 is 15.7 Å². The van der Waals surface area contributed by atoms with Crippen LogP contribution < -0.4 is 5.56 Å². The second-order valence-electron chi connectivity index (χ2n) is 5.59. The van der Waals surface area contributed by atoms with Crippen LogP contribution in [0.2, 0.25) is 0 Å². The number of aliphatic imine (C=N–C) groups is 1. The van der Waals surface area contributed by atoms with E-state index in [4.69, 9.17) is 0 Å². The number of para-hydroxylation sites is 1. The Hall–Kier alpha value is -2.22. The van der Waals surface area contributed by atoms with Crippen LogP contribution in [0, 0.1) is 12.7 Å². The highest BCUT2D eigenvalue weighted by atomic mass is 32.2. The van der Waals surface area contributed by atoms with Crippen molar-refractivity contribution in [2.75, 3.05) is 11.5 Å². The number of rotatable bonds is 3. The average molecular weight is 337 g/mol. The topological polar surface area (TPSA) is 84.3 Å². The number of aromatic nitrogens is 2. The van der Waals surface area contributed by atoms with E-state index in [1.165, 1.54) is 23.0 Å². The molecule has 0 amide bonds. The van der Waals surface area contributed by atoms with Crippen molar-refractivity contribution in [2.45, 2.75) is 19.4 Å². The van der Waals surface area contributed by atoms with Gasteiger partial charge in [-0.15, -0.1) is 0 Å². The van der Waals surface area contributed by atoms with E-state index in [1.54, 1.807) is 19.1 Å². The number of halogens is 1. The second-order valence-corrected chi connectivity index (χ2v) is 7.82. The van der Waals surface area contributed by atoms with Crippen molar-refractivity contribution in [3.8, 4) is 0 Å². The second kappa shape index (κ2) is 5.77. The van der Waals surface area contributed by atoms with Crippen molar-refractivity contribution in [3.05, 3.63) is 51.7 Å². The van der Waals surface area contributed by atoms with Crippen LogP contribution in [0.3, 0.4) is 0 Å².